The number of benzene rings is 2. The Hall–Kier alpha value is -2.92. The maximum atomic E-state index is 13.0. The minimum atomic E-state index is -0.541. The Bertz CT molecular complexity index is 1010. The molecule has 0 radical (unpaired) electrons. The van der Waals surface area contributed by atoms with Crippen molar-refractivity contribution in [1.29, 1.82) is 0 Å². The van der Waals surface area contributed by atoms with Crippen molar-refractivity contribution in [2.24, 2.45) is 0 Å². The van der Waals surface area contributed by atoms with Gasteiger partial charge in [-0.3, -0.25) is 9.59 Å². The molecule has 0 saturated heterocycles. The topological polar surface area (TPSA) is 55.2 Å². The third-order valence-electron chi connectivity index (χ3n) is 4.64. The molecule has 1 amide bonds. The van der Waals surface area contributed by atoms with Crippen LogP contribution in [0.15, 0.2) is 54.6 Å². The van der Waals surface area contributed by atoms with Crippen molar-refractivity contribution < 1.29 is 9.59 Å². The summed E-state index contributed by atoms with van der Waals surface area (Å²) in [5.41, 5.74) is 3.28. The van der Waals surface area contributed by atoms with Crippen molar-refractivity contribution in [3.8, 4) is 5.69 Å². The molecule has 0 aliphatic carbocycles. The smallest absolute Gasteiger partial charge is 0.295 e. The first-order valence-corrected chi connectivity index (χ1v) is 9.49. The molecule has 3 aromatic rings. The summed E-state index contributed by atoms with van der Waals surface area (Å²) in [5, 5.41) is 5.07. The van der Waals surface area contributed by atoms with Crippen molar-refractivity contribution in [1.82, 2.24) is 14.7 Å². The molecule has 6 heteroatoms. The van der Waals surface area contributed by atoms with Gasteiger partial charge < -0.3 is 4.90 Å². The molecule has 0 N–H and O–H groups in total. The first-order valence-electron chi connectivity index (χ1n) is 9.12. The molecule has 0 unspecified atom stereocenters. The standard InChI is InChI=1S/C22H22ClN3O2/c1-4-25(14-17-9-8-10-18(23)13-17)22(28)21(27)20-15(2)24-26(16(20)3)19-11-6-5-7-12-19/h5-13H,4,14H2,1-3H3. The van der Waals surface area contributed by atoms with Gasteiger partial charge in [-0.05, 0) is 50.6 Å². The van der Waals surface area contributed by atoms with Crippen LogP contribution in [0.4, 0.5) is 0 Å². The second kappa shape index (κ2) is 8.40. The Kier molecular flexibility index (Phi) is 5.95. The van der Waals surface area contributed by atoms with Crippen molar-refractivity contribution in [3.63, 3.8) is 0 Å². The number of amides is 1. The average molecular weight is 396 g/mol. The molecule has 144 valence electrons. The van der Waals surface area contributed by atoms with Gasteiger partial charge in [-0.1, -0.05) is 41.9 Å². The number of hydrogen-bond acceptors (Lipinski definition) is 3. The van der Waals surface area contributed by atoms with Gasteiger partial charge in [0.15, 0.2) is 0 Å². The summed E-state index contributed by atoms with van der Waals surface area (Å²) in [7, 11) is 0. The third kappa shape index (κ3) is 3.99. The Morgan fingerprint density at radius 2 is 1.79 bits per heavy atom. The molecule has 0 saturated carbocycles. The number of ketones is 1. The molecule has 5 nitrogen and oxygen atoms in total. The maximum Gasteiger partial charge on any atom is 0.295 e. The molecule has 3 rings (SSSR count). The lowest BCUT2D eigenvalue weighted by atomic mass is 10.1. The fraction of sp³-hybridized carbons (Fsp3) is 0.227. The number of carbonyl (C=O) groups excluding carboxylic acids is 2. The summed E-state index contributed by atoms with van der Waals surface area (Å²) in [5.74, 6) is -1.08. The van der Waals surface area contributed by atoms with E-state index in [0.29, 0.717) is 35.1 Å². The van der Waals surface area contributed by atoms with E-state index < -0.39 is 11.7 Å². The van der Waals surface area contributed by atoms with Crippen LogP contribution in [-0.4, -0.2) is 32.9 Å². The van der Waals surface area contributed by atoms with Crippen LogP contribution >= 0.6 is 11.6 Å². The molecule has 0 atom stereocenters. The quantitative estimate of drug-likeness (QED) is 0.460. The van der Waals surface area contributed by atoms with Crippen LogP contribution in [0.5, 0.6) is 0 Å². The van der Waals surface area contributed by atoms with E-state index in [-0.39, 0.29) is 0 Å². The van der Waals surface area contributed by atoms with E-state index in [4.69, 9.17) is 11.6 Å². The number of Topliss-reactive ketones (excluding diaryl/α,β-unsaturated/α-hetero) is 1. The van der Waals surface area contributed by atoms with Crippen LogP contribution in [0.25, 0.3) is 5.69 Å². The van der Waals surface area contributed by atoms with Crippen LogP contribution in [0.1, 0.15) is 34.2 Å². The SMILES string of the molecule is CCN(Cc1cccc(Cl)c1)C(=O)C(=O)c1c(C)nn(-c2ccccc2)c1C. The van der Waals surface area contributed by atoms with Gasteiger partial charge in [0.25, 0.3) is 11.7 Å². The van der Waals surface area contributed by atoms with Gasteiger partial charge in [0.1, 0.15) is 0 Å². The summed E-state index contributed by atoms with van der Waals surface area (Å²) < 4.78 is 1.70. The zero-order chi connectivity index (χ0) is 20.3. The number of likely N-dealkylation sites (N-methyl/N-ethyl adjacent to an activating group) is 1. The van der Waals surface area contributed by atoms with E-state index in [1.807, 2.05) is 49.4 Å². The molecule has 0 aliphatic heterocycles. The lowest BCUT2D eigenvalue weighted by Gasteiger charge is -2.20. The summed E-state index contributed by atoms with van der Waals surface area (Å²) in [4.78, 5) is 27.5. The van der Waals surface area contributed by atoms with E-state index in [9.17, 15) is 9.59 Å². The molecular formula is C22H22ClN3O2. The van der Waals surface area contributed by atoms with Crippen LogP contribution in [0.2, 0.25) is 5.02 Å². The molecular weight excluding hydrogens is 374 g/mol. The minimum absolute atomic E-state index is 0.326. The van der Waals surface area contributed by atoms with Gasteiger partial charge in [-0.25, -0.2) is 4.68 Å². The van der Waals surface area contributed by atoms with Crippen molar-refractivity contribution in [2.75, 3.05) is 6.54 Å². The number of para-hydroxylation sites is 1. The largest absolute Gasteiger partial charge is 0.332 e. The van der Waals surface area contributed by atoms with Crippen molar-refractivity contribution >= 4 is 23.3 Å². The molecule has 0 aliphatic rings. The summed E-state index contributed by atoms with van der Waals surface area (Å²) in [6.07, 6.45) is 0. The van der Waals surface area contributed by atoms with E-state index in [2.05, 4.69) is 5.10 Å². The van der Waals surface area contributed by atoms with E-state index in [0.717, 1.165) is 11.3 Å². The average Bonchev–Trinajstić information content (AvgIpc) is 3.00. The van der Waals surface area contributed by atoms with Crippen LogP contribution < -0.4 is 0 Å². The van der Waals surface area contributed by atoms with Gasteiger partial charge in [0, 0.05) is 18.1 Å². The van der Waals surface area contributed by atoms with Crippen LogP contribution in [0, 0.1) is 13.8 Å². The number of aromatic nitrogens is 2. The predicted octanol–water partition coefficient (Wildman–Crippen LogP) is 4.37. The molecule has 1 aromatic heterocycles. The predicted molar refractivity (Wildman–Crippen MR) is 110 cm³/mol. The third-order valence-corrected chi connectivity index (χ3v) is 4.88. The highest BCUT2D eigenvalue weighted by molar-refractivity contribution is 6.43. The highest BCUT2D eigenvalue weighted by Gasteiger charge is 2.28. The first-order chi connectivity index (χ1) is 13.4. The van der Waals surface area contributed by atoms with Crippen LogP contribution in [0.3, 0.4) is 0 Å². The lowest BCUT2D eigenvalue weighted by Crippen LogP contribution is -2.36. The summed E-state index contributed by atoms with van der Waals surface area (Å²) in [6.45, 7) is 6.15. The van der Waals surface area contributed by atoms with Gasteiger partial charge in [0.2, 0.25) is 0 Å². The molecule has 2 aromatic carbocycles. The lowest BCUT2D eigenvalue weighted by molar-refractivity contribution is -0.126. The van der Waals surface area contributed by atoms with Gasteiger partial charge in [-0.2, -0.15) is 5.10 Å². The Balaban J connectivity index is 1.88. The van der Waals surface area contributed by atoms with Gasteiger partial charge in [-0.15, -0.1) is 0 Å². The monoisotopic (exact) mass is 395 g/mol. The molecule has 28 heavy (non-hydrogen) atoms. The molecule has 0 fully saturated rings. The molecule has 1 heterocycles. The summed E-state index contributed by atoms with van der Waals surface area (Å²) in [6, 6.07) is 16.8. The van der Waals surface area contributed by atoms with E-state index in [1.54, 1.807) is 30.7 Å². The van der Waals surface area contributed by atoms with Crippen LogP contribution in [-0.2, 0) is 11.3 Å². The Morgan fingerprint density at radius 3 is 2.43 bits per heavy atom. The highest BCUT2D eigenvalue weighted by Crippen LogP contribution is 2.20. The molecule has 0 spiro atoms. The van der Waals surface area contributed by atoms with Crippen molar-refractivity contribution in [3.05, 3.63) is 82.1 Å². The van der Waals surface area contributed by atoms with E-state index in [1.165, 1.54) is 4.90 Å². The fourth-order valence-electron chi connectivity index (χ4n) is 3.23. The number of nitrogens with zero attached hydrogens (tertiary/aromatic N) is 3. The van der Waals surface area contributed by atoms with E-state index >= 15 is 0 Å². The number of aryl methyl sites for hydroxylation is 1. The van der Waals surface area contributed by atoms with Gasteiger partial charge in [0.05, 0.1) is 22.6 Å². The Labute approximate surface area is 169 Å². The minimum Gasteiger partial charge on any atom is -0.332 e. The maximum absolute atomic E-state index is 13.0. The summed E-state index contributed by atoms with van der Waals surface area (Å²) >= 11 is 6.03. The normalized spacial score (nSPS) is 10.7. The Morgan fingerprint density at radius 1 is 1.07 bits per heavy atom. The second-order valence-electron chi connectivity index (χ2n) is 6.57. The molecule has 0 bridgehead atoms. The number of halogens is 1. The second-order valence-corrected chi connectivity index (χ2v) is 7.01. The number of hydrogen-bond donors (Lipinski definition) is 0. The first kappa shape index (κ1) is 19.8. The number of rotatable bonds is 6. The zero-order valence-corrected chi connectivity index (χ0v) is 16.9. The zero-order valence-electron chi connectivity index (χ0n) is 16.1. The van der Waals surface area contributed by atoms with Crippen molar-refractivity contribution in [2.45, 2.75) is 27.3 Å². The highest BCUT2D eigenvalue weighted by atomic mass is 35.5. The number of carbonyl (C=O) groups is 2. The van der Waals surface area contributed by atoms with Gasteiger partial charge >= 0.3 is 0 Å². The fourth-order valence-corrected chi connectivity index (χ4v) is 3.44.